The molecule has 0 saturated heterocycles. The average Bonchev–Trinajstić information content (AvgIpc) is 2.94. The lowest BCUT2D eigenvalue weighted by atomic mass is 10.1. The zero-order valence-electron chi connectivity index (χ0n) is 9.98. The van der Waals surface area contributed by atoms with Gasteiger partial charge in [-0.15, -0.1) is 11.3 Å². The number of benzene rings is 1. The first-order valence-electron chi connectivity index (χ1n) is 5.68. The standard InChI is InChI=1S/C14H10ClFO2S/c1-7-9-6-8(16)2-3-10(9)18-14(7)13(17)11-4-5-12(15)19-11/h2-6,13,17H,1H3. The smallest absolute Gasteiger partial charge is 0.146 e. The summed E-state index contributed by atoms with van der Waals surface area (Å²) < 4.78 is 19.5. The van der Waals surface area contributed by atoms with Crippen LogP contribution in [0, 0.1) is 12.7 Å². The number of fused-ring (bicyclic) bond motifs is 1. The second-order valence-corrected chi connectivity index (χ2v) is 6.02. The van der Waals surface area contributed by atoms with Gasteiger partial charge in [0.05, 0.1) is 4.34 Å². The van der Waals surface area contributed by atoms with E-state index in [0.717, 1.165) is 5.56 Å². The van der Waals surface area contributed by atoms with E-state index < -0.39 is 6.10 Å². The quantitative estimate of drug-likeness (QED) is 0.745. The third-order valence-corrected chi connectivity index (χ3v) is 4.33. The van der Waals surface area contributed by atoms with E-state index in [2.05, 4.69) is 0 Å². The summed E-state index contributed by atoms with van der Waals surface area (Å²) in [5.74, 6) is 0.107. The maximum absolute atomic E-state index is 13.2. The highest BCUT2D eigenvalue weighted by molar-refractivity contribution is 7.16. The summed E-state index contributed by atoms with van der Waals surface area (Å²) in [6, 6.07) is 7.79. The van der Waals surface area contributed by atoms with Gasteiger partial charge in [0.2, 0.25) is 0 Å². The van der Waals surface area contributed by atoms with Crippen LogP contribution < -0.4 is 0 Å². The Morgan fingerprint density at radius 3 is 2.79 bits per heavy atom. The molecule has 1 atom stereocenters. The maximum Gasteiger partial charge on any atom is 0.146 e. The number of aliphatic hydroxyl groups is 1. The summed E-state index contributed by atoms with van der Waals surface area (Å²) in [5, 5.41) is 11.0. The van der Waals surface area contributed by atoms with Crippen molar-refractivity contribution in [3.8, 4) is 0 Å². The Labute approximate surface area is 118 Å². The number of hydrogen-bond acceptors (Lipinski definition) is 3. The summed E-state index contributed by atoms with van der Waals surface area (Å²) in [7, 11) is 0. The van der Waals surface area contributed by atoms with Crippen molar-refractivity contribution in [1.82, 2.24) is 0 Å². The zero-order chi connectivity index (χ0) is 13.6. The third-order valence-electron chi connectivity index (χ3n) is 3.05. The molecule has 0 saturated carbocycles. The van der Waals surface area contributed by atoms with E-state index in [-0.39, 0.29) is 5.82 Å². The molecule has 3 rings (SSSR count). The van der Waals surface area contributed by atoms with E-state index in [1.54, 1.807) is 25.1 Å². The fraction of sp³-hybridized carbons (Fsp3) is 0.143. The van der Waals surface area contributed by atoms with Gasteiger partial charge in [-0.1, -0.05) is 11.6 Å². The van der Waals surface area contributed by atoms with Gasteiger partial charge in [0.1, 0.15) is 23.3 Å². The molecule has 0 aliphatic heterocycles. The SMILES string of the molecule is Cc1c(C(O)c2ccc(Cl)s2)oc2ccc(F)cc12. The predicted octanol–water partition coefficient (Wildman–Crippen LogP) is 4.68. The predicted molar refractivity (Wildman–Crippen MR) is 74.3 cm³/mol. The van der Waals surface area contributed by atoms with Crippen molar-refractivity contribution in [3.05, 3.63) is 56.7 Å². The Bertz CT molecular complexity index is 747. The molecule has 2 nitrogen and oxygen atoms in total. The van der Waals surface area contributed by atoms with Crippen LogP contribution in [0.1, 0.15) is 22.3 Å². The Balaban J connectivity index is 2.12. The third kappa shape index (κ3) is 2.16. The van der Waals surface area contributed by atoms with Gasteiger partial charge in [-0.2, -0.15) is 0 Å². The minimum atomic E-state index is -0.882. The first-order valence-corrected chi connectivity index (χ1v) is 6.87. The topological polar surface area (TPSA) is 33.4 Å². The Hall–Kier alpha value is -1.36. The number of aliphatic hydroxyl groups excluding tert-OH is 1. The van der Waals surface area contributed by atoms with E-state index in [1.807, 2.05) is 0 Å². The van der Waals surface area contributed by atoms with Gasteiger partial charge in [0.15, 0.2) is 0 Å². The maximum atomic E-state index is 13.2. The molecule has 5 heteroatoms. The van der Waals surface area contributed by atoms with Crippen molar-refractivity contribution >= 4 is 33.9 Å². The van der Waals surface area contributed by atoms with Crippen LogP contribution in [0.25, 0.3) is 11.0 Å². The molecule has 2 aromatic heterocycles. The first kappa shape index (κ1) is 12.7. The number of halogens is 2. The lowest BCUT2D eigenvalue weighted by molar-refractivity contribution is 0.195. The Kier molecular flexibility index (Phi) is 3.09. The van der Waals surface area contributed by atoms with Gasteiger partial charge in [0, 0.05) is 15.8 Å². The highest BCUT2D eigenvalue weighted by Gasteiger charge is 2.21. The normalized spacial score (nSPS) is 13.1. The first-order chi connectivity index (χ1) is 9.06. The molecule has 0 spiro atoms. The number of thiophene rings is 1. The number of aryl methyl sites for hydroxylation is 1. The number of hydrogen-bond donors (Lipinski definition) is 1. The van der Waals surface area contributed by atoms with Gasteiger partial charge < -0.3 is 9.52 Å². The largest absolute Gasteiger partial charge is 0.458 e. The van der Waals surface area contributed by atoms with E-state index >= 15 is 0 Å². The second-order valence-electron chi connectivity index (χ2n) is 4.28. The molecular formula is C14H10ClFO2S. The molecule has 0 aliphatic carbocycles. The van der Waals surface area contributed by atoms with Crippen LogP contribution in [0.4, 0.5) is 4.39 Å². The van der Waals surface area contributed by atoms with E-state index in [9.17, 15) is 9.50 Å². The van der Waals surface area contributed by atoms with Crippen molar-refractivity contribution in [1.29, 1.82) is 0 Å². The van der Waals surface area contributed by atoms with Crippen LogP contribution in [0.15, 0.2) is 34.7 Å². The van der Waals surface area contributed by atoms with E-state index in [1.165, 1.54) is 23.5 Å². The molecule has 19 heavy (non-hydrogen) atoms. The van der Waals surface area contributed by atoms with Gasteiger partial charge in [-0.05, 0) is 37.3 Å². The van der Waals surface area contributed by atoms with Crippen LogP contribution in [0.5, 0.6) is 0 Å². The highest BCUT2D eigenvalue weighted by Crippen LogP contribution is 2.36. The molecule has 1 N–H and O–H groups in total. The number of furan rings is 1. The molecule has 1 aromatic carbocycles. The lowest BCUT2D eigenvalue weighted by Crippen LogP contribution is -1.96. The second kappa shape index (κ2) is 4.63. The minimum absolute atomic E-state index is 0.323. The molecule has 0 fully saturated rings. The minimum Gasteiger partial charge on any atom is -0.458 e. The van der Waals surface area contributed by atoms with Crippen molar-refractivity contribution in [2.45, 2.75) is 13.0 Å². The van der Waals surface area contributed by atoms with Crippen LogP contribution in [0.3, 0.4) is 0 Å². The molecule has 2 heterocycles. The molecule has 1 unspecified atom stereocenters. The van der Waals surface area contributed by atoms with E-state index in [0.29, 0.717) is 25.9 Å². The molecule has 0 bridgehead atoms. The number of rotatable bonds is 2. The van der Waals surface area contributed by atoms with Gasteiger partial charge in [-0.25, -0.2) is 4.39 Å². The van der Waals surface area contributed by atoms with E-state index in [4.69, 9.17) is 16.0 Å². The summed E-state index contributed by atoms with van der Waals surface area (Å²) in [6.45, 7) is 1.80. The zero-order valence-corrected chi connectivity index (χ0v) is 11.6. The summed E-state index contributed by atoms with van der Waals surface area (Å²) in [6.07, 6.45) is -0.882. The van der Waals surface area contributed by atoms with Gasteiger partial charge in [0.25, 0.3) is 0 Å². The molecule has 3 aromatic rings. The van der Waals surface area contributed by atoms with Crippen molar-refractivity contribution in [2.75, 3.05) is 0 Å². The van der Waals surface area contributed by atoms with Crippen molar-refractivity contribution in [3.63, 3.8) is 0 Å². The van der Waals surface area contributed by atoms with Crippen molar-refractivity contribution < 1.29 is 13.9 Å². The summed E-state index contributed by atoms with van der Waals surface area (Å²) >= 11 is 7.15. The Morgan fingerprint density at radius 1 is 1.32 bits per heavy atom. The van der Waals surface area contributed by atoms with Crippen LogP contribution in [0.2, 0.25) is 4.34 Å². The summed E-state index contributed by atoms with van der Waals surface area (Å²) in [4.78, 5) is 0.702. The van der Waals surface area contributed by atoms with Crippen LogP contribution >= 0.6 is 22.9 Å². The lowest BCUT2D eigenvalue weighted by Gasteiger charge is -2.05. The van der Waals surface area contributed by atoms with Gasteiger partial charge in [-0.3, -0.25) is 0 Å². The van der Waals surface area contributed by atoms with Gasteiger partial charge >= 0.3 is 0 Å². The van der Waals surface area contributed by atoms with Crippen LogP contribution in [-0.2, 0) is 0 Å². The highest BCUT2D eigenvalue weighted by atomic mass is 35.5. The van der Waals surface area contributed by atoms with Crippen LogP contribution in [-0.4, -0.2) is 5.11 Å². The van der Waals surface area contributed by atoms with Crippen molar-refractivity contribution in [2.24, 2.45) is 0 Å². The Morgan fingerprint density at radius 2 is 2.11 bits per heavy atom. The molecule has 0 amide bonds. The molecule has 98 valence electrons. The summed E-state index contributed by atoms with van der Waals surface area (Å²) in [5.41, 5.74) is 1.31. The monoisotopic (exact) mass is 296 g/mol. The fourth-order valence-corrected chi connectivity index (χ4v) is 3.12. The molecule has 0 radical (unpaired) electrons. The molecule has 0 aliphatic rings. The average molecular weight is 297 g/mol. The fourth-order valence-electron chi connectivity index (χ4n) is 2.08. The molecular weight excluding hydrogens is 287 g/mol.